The van der Waals surface area contributed by atoms with Crippen LogP contribution >= 0.6 is 0 Å². The minimum atomic E-state index is -0.883. The number of carbonyl (C=O) groups is 2. The summed E-state index contributed by atoms with van der Waals surface area (Å²) in [6.45, 7) is 16.0. The standard InChI is InChI=1S/C42H48N2O4/c1-27(2)35-33(41(5,6)39(45)47-9)23-21-31(29-17-13-11-14-18-29)37(35)43-25-26-44-38-32(30-19-15-12-16-20-30)22-24-34(36(38)28(3)4)42(7,8)40(46)48-10/h11-28H,1-10H3. The molecule has 250 valence electrons. The van der Waals surface area contributed by atoms with E-state index in [0.29, 0.717) is 0 Å². The molecule has 0 amide bonds. The Kier molecular flexibility index (Phi) is 11.2. The topological polar surface area (TPSA) is 77.3 Å². The van der Waals surface area contributed by atoms with Gasteiger partial charge in [0.2, 0.25) is 0 Å². The SMILES string of the molecule is COC(=O)C(C)(C)c1ccc(-c2ccccc2)c(N=CC=Nc2c(-c3ccccc3)ccc(C(C)(C)C(=O)OC)c2C(C)C)c1C(C)C. The number of ether oxygens (including phenoxy) is 2. The van der Waals surface area contributed by atoms with Crippen LogP contribution in [0.4, 0.5) is 11.4 Å². The second-order valence-electron chi connectivity index (χ2n) is 13.7. The molecule has 0 N–H and O–H groups in total. The normalized spacial score (nSPS) is 12.3. The van der Waals surface area contributed by atoms with Crippen molar-refractivity contribution in [2.24, 2.45) is 9.98 Å². The van der Waals surface area contributed by atoms with Gasteiger partial charge in [-0.05, 0) is 72.9 Å². The summed E-state index contributed by atoms with van der Waals surface area (Å²) in [6.07, 6.45) is 3.44. The Hall–Kier alpha value is -4.84. The lowest BCUT2D eigenvalue weighted by atomic mass is 9.77. The fourth-order valence-corrected chi connectivity index (χ4v) is 6.40. The van der Waals surface area contributed by atoms with Crippen LogP contribution in [-0.4, -0.2) is 38.6 Å². The van der Waals surface area contributed by atoms with E-state index in [1.165, 1.54) is 14.2 Å². The Morgan fingerprint density at radius 2 is 0.896 bits per heavy atom. The number of aliphatic imine (C=N–C) groups is 2. The van der Waals surface area contributed by atoms with Crippen molar-refractivity contribution in [1.82, 2.24) is 0 Å². The van der Waals surface area contributed by atoms with Gasteiger partial charge in [0, 0.05) is 23.6 Å². The van der Waals surface area contributed by atoms with Crippen molar-refractivity contribution in [3.63, 3.8) is 0 Å². The molecule has 0 fully saturated rings. The summed E-state index contributed by atoms with van der Waals surface area (Å²) in [4.78, 5) is 36.1. The van der Waals surface area contributed by atoms with Gasteiger partial charge in [0.15, 0.2) is 0 Å². The number of benzene rings is 4. The van der Waals surface area contributed by atoms with Crippen LogP contribution in [-0.2, 0) is 29.9 Å². The second kappa shape index (κ2) is 14.9. The van der Waals surface area contributed by atoms with Crippen molar-refractivity contribution in [3.8, 4) is 22.3 Å². The average molecular weight is 645 g/mol. The quantitative estimate of drug-likeness (QED) is 0.120. The van der Waals surface area contributed by atoms with E-state index in [0.717, 1.165) is 55.9 Å². The van der Waals surface area contributed by atoms with Crippen LogP contribution in [0.1, 0.15) is 89.5 Å². The first-order valence-electron chi connectivity index (χ1n) is 16.5. The van der Waals surface area contributed by atoms with Gasteiger partial charge in [-0.25, -0.2) is 0 Å². The van der Waals surface area contributed by atoms with Crippen LogP contribution in [0, 0.1) is 0 Å². The first-order valence-corrected chi connectivity index (χ1v) is 16.5. The molecular weight excluding hydrogens is 596 g/mol. The van der Waals surface area contributed by atoms with Gasteiger partial charge < -0.3 is 9.47 Å². The number of carbonyl (C=O) groups excluding carboxylic acids is 2. The molecule has 6 heteroatoms. The van der Waals surface area contributed by atoms with Crippen molar-refractivity contribution in [2.45, 2.75) is 78.1 Å². The molecule has 0 atom stereocenters. The number of hydrogen-bond donors (Lipinski definition) is 0. The lowest BCUT2D eigenvalue weighted by molar-refractivity contribution is -0.147. The third kappa shape index (κ3) is 7.18. The average Bonchev–Trinajstić information content (AvgIpc) is 3.08. The number of methoxy groups -OCH3 is 2. The molecule has 6 nitrogen and oxygen atoms in total. The largest absolute Gasteiger partial charge is 0.468 e. The van der Waals surface area contributed by atoms with E-state index >= 15 is 0 Å². The van der Waals surface area contributed by atoms with Crippen LogP contribution in [0.2, 0.25) is 0 Å². The summed E-state index contributed by atoms with van der Waals surface area (Å²) in [5.41, 5.74) is 7.48. The van der Waals surface area contributed by atoms with Crippen LogP contribution in [0.5, 0.6) is 0 Å². The van der Waals surface area contributed by atoms with Crippen molar-refractivity contribution in [1.29, 1.82) is 0 Å². The van der Waals surface area contributed by atoms with E-state index in [1.54, 1.807) is 12.4 Å². The zero-order chi connectivity index (χ0) is 35.2. The van der Waals surface area contributed by atoms with E-state index in [2.05, 4.69) is 52.0 Å². The molecule has 48 heavy (non-hydrogen) atoms. The molecule has 0 saturated heterocycles. The van der Waals surface area contributed by atoms with Crippen molar-refractivity contribution < 1.29 is 19.1 Å². The molecular formula is C42H48N2O4. The first kappa shape index (κ1) is 36.0. The van der Waals surface area contributed by atoms with Crippen LogP contribution in [0.3, 0.4) is 0 Å². The molecule has 0 radical (unpaired) electrons. The molecule has 0 aromatic heterocycles. The Morgan fingerprint density at radius 1 is 0.562 bits per heavy atom. The molecule has 0 spiro atoms. The van der Waals surface area contributed by atoms with Gasteiger partial charge in [-0.1, -0.05) is 113 Å². The van der Waals surface area contributed by atoms with E-state index in [9.17, 15) is 9.59 Å². The summed E-state index contributed by atoms with van der Waals surface area (Å²) < 4.78 is 10.4. The van der Waals surface area contributed by atoms with Crippen molar-refractivity contribution in [2.75, 3.05) is 14.2 Å². The highest BCUT2D eigenvalue weighted by Gasteiger charge is 2.36. The number of nitrogens with zero attached hydrogens (tertiary/aromatic N) is 2. The summed E-state index contributed by atoms with van der Waals surface area (Å²) >= 11 is 0. The Labute approximate surface area is 286 Å². The Bertz CT molecular complexity index is 1680. The second-order valence-corrected chi connectivity index (χ2v) is 13.7. The molecule has 0 aliphatic heterocycles. The van der Waals surface area contributed by atoms with E-state index < -0.39 is 10.8 Å². The van der Waals surface area contributed by atoms with Gasteiger partial charge in [0.25, 0.3) is 0 Å². The predicted molar refractivity (Wildman–Crippen MR) is 198 cm³/mol. The molecule has 4 aromatic rings. The van der Waals surface area contributed by atoms with E-state index in [1.807, 2.05) is 88.4 Å². The molecule has 0 aliphatic carbocycles. The molecule has 0 bridgehead atoms. The summed E-state index contributed by atoms with van der Waals surface area (Å²) in [5, 5.41) is 0. The van der Waals surface area contributed by atoms with Gasteiger partial charge in [0.05, 0.1) is 36.4 Å². The van der Waals surface area contributed by atoms with Gasteiger partial charge in [-0.2, -0.15) is 0 Å². The molecule has 4 aromatic carbocycles. The highest BCUT2D eigenvalue weighted by Crippen LogP contribution is 2.45. The maximum Gasteiger partial charge on any atom is 0.315 e. The molecule has 0 heterocycles. The molecule has 0 unspecified atom stereocenters. The monoisotopic (exact) mass is 644 g/mol. The third-order valence-electron chi connectivity index (χ3n) is 8.97. The molecule has 4 rings (SSSR count). The van der Waals surface area contributed by atoms with Gasteiger partial charge in [-0.3, -0.25) is 19.6 Å². The highest BCUT2D eigenvalue weighted by atomic mass is 16.5. The van der Waals surface area contributed by atoms with E-state index in [-0.39, 0.29) is 23.8 Å². The summed E-state index contributed by atoms with van der Waals surface area (Å²) in [7, 11) is 2.84. The molecule has 0 saturated carbocycles. The van der Waals surface area contributed by atoms with Crippen LogP contribution in [0.25, 0.3) is 22.3 Å². The van der Waals surface area contributed by atoms with Crippen LogP contribution in [0.15, 0.2) is 94.9 Å². The summed E-state index contributed by atoms with van der Waals surface area (Å²) in [6, 6.07) is 28.4. The number of rotatable bonds is 11. The highest BCUT2D eigenvalue weighted by molar-refractivity contribution is 6.18. The Morgan fingerprint density at radius 3 is 1.19 bits per heavy atom. The lowest BCUT2D eigenvalue weighted by Crippen LogP contribution is -2.31. The minimum absolute atomic E-state index is 0.0612. The van der Waals surface area contributed by atoms with Gasteiger partial charge in [0.1, 0.15) is 0 Å². The first-order chi connectivity index (χ1) is 22.8. The fraction of sp³-hybridized carbons (Fsp3) is 0.333. The predicted octanol–water partition coefficient (Wildman–Crippen LogP) is 10.3. The van der Waals surface area contributed by atoms with E-state index in [4.69, 9.17) is 19.5 Å². The lowest BCUT2D eigenvalue weighted by Gasteiger charge is -2.28. The number of hydrogen-bond acceptors (Lipinski definition) is 6. The number of esters is 2. The zero-order valence-electron chi connectivity index (χ0n) is 29.9. The Balaban J connectivity index is 1.97. The van der Waals surface area contributed by atoms with Crippen molar-refractivity contribution >= 4 is 35.7 Å². The zero-order valence-corrected chi connectivity index (χ0v) is 29.9. The fourth-order valence-electron chi connectivity index (χ4n) is 6.40. The van der Waals surface area contributed by atoms with Gasteiger partial charge >= 0.3 is 11.9 Å². The van der Waals surface area contributed by atoms with Gasteiger partial charge in [-0.15, -0.1) is 0 Å². The third-order valence-corrected chi connectivity index (χ3v) is 8.97. The maximum atomic E-state index is 13.0. The minimum Gasteiger partial charge on any atom is -0.468 e. The maximum absolute atomic E-state index is 13.0. The smallest absolute Gasteiger partial charge is 0.315 e. The van der Waals surface area contributed by atoms with Crippen molar-refractivity contribution in [3.05, 3.63) is 107 Å². The molecule has 0 aliphatic rings. The van der Waals surface area contributed by atoms with Crippen LogP contribution < -0.4 is 0 Å². The summed E-state index contributed by atoms with van der Waals surface area (Å²) in [5.74, 6) is -0.493.